The van der Waals surface area contributed by atoms with Crippen LogP contribution in [0.5, 0.6) is 5.75 Å². The predicted octanol–water partition coefficient (Wildman–Crippen LogP) is -2.52. The first-order valence-corrected chi connectivity index (χ1v) is 7.20. The van der Waals surface area contributed by atoms with Crippen LogP contribution in [-0.4, -0.2) is 38.7 Å². The Labute approximate surface area is 126 Å². The van der Waals surface area contributed by atoms with Crippen molar-refractivity contribution in [2.24, 2.45) is 0 Å². The van der Waals surface area contributed by atoms with Gasteiger partial charge in [-0.2, -0.15) is 0 Å². The zero-order valence-electron chi connectivity index (χ0n) is 11.6. The molecule has 4 nitrogen and oxygen atoms in total. The number of hydrogen-bond acceptors (Lipinski definition) is 2. The molecular weight excluding hydrogens is 276 g/mol. The van der Waals surface area contributed by atoms with Crippen LogP contribution in [0, 0.1) is 0 Å². The number of nitrogens with one attached hydrogen (secondary N) is 1. The van der Waals surface area contributed by atoms with Gasteiger partial charge in [-0.1, -0.05) is 12.1 Å². The lowest BCUT2D eigenvalue weighted by Crippen LogP contribution is -3.14. The molecule has 2 aliphatic rings. The Hall–Kier alpha value is -1.26. The number of hydrogen-bond donors (Lipinski definition) is 1. The number of rotatable bonds is 2. The van der Waals surface area contributed by atoms with E-state index in [1.807, 2.05) is 29.2 Å². The number of amides is 1. The van der Waals surface area contributed by atoms with Crippen molar-refractivity contribution in [1.82, 2.24) is 0 Å². The third-order valence-corrected chi connectivity index (χ3v) is 3.99. The van der Waals surface area contributed by atoms with Crippen LogP contribution in [0.25, 0.3) is 0 Å². The van der Waals surface area contributed by atoms with E-state index in [0.717, 1.165) is 24.5 Å². The van der Waals surface area contributed by atoms with E-state index >= 15 is 0 Å². The third-order valence-electron chi connectivity index (χ3n) is 3.99. The molecule has 0 spiro atoms. The fraction of sp³-hybridized carbons (Fsp3) is 0.533. The molecule has 1 fully saturated rings. The van der Waals surface area contributed by atoms with Crippen LogP contribution in [0.1, 0.15) is 19.3 Å². The molecule has 5 heteroatoms. The Morgan fingerprint density at radius 3 is 2.75 bits per heavy atom. The van der Waals surface area contributed by atoms with Gasteiger partial charge < -0.3 is 26.9 Å². The van der Waals surface area contributed by atoms with Crippen molar-refractivity contribution in [2.75, 3.05) is 37.7 Å². The van der Waals surface area contributed by atoms with Crippen LogP contribution in [0.2, 0.25) is 0 Å². The van der Waals surface area contributed by atoms with Crippen LogP contribution in [0.4, 0.5) is 5.69 Å². The van der Waals surface area contributed by atoms with Gasteiger partial charge in [0.15, 0.2) is 6.54 Å². The monoisotopic (exact) mass is 296 g/mol. The number of benzene rings is 1. The van der Waals surface area contributed by atoms with Gasteiger partial charge in [-0.25, -0.2) is 0 Å². The fourth-order valence-corrected chi connectivity index (χ4v) is 2.97. The minimum absolute atomic E-state index is 0. The summed E-state index contributed by atoms with van der Waals surface area (Å²) >= 11 is 0. The average Bonchev–Trinajstić information content (AvgIpc) is 2.47. The van der Waals surface area contributed by atoms with Gasteiger partial charge in [-0.3, -0.25) is 4.79 Å². The first-order chi connectivity index (χ1) is 9.34. The Morgan fingerprint density at radius 2 is 1.95 bits per heavy atom. The second kappa shape index (κ2) is 6.95. The molecule has 1 aromatic carbocycles. The molecule has 0 atom stereocenters. The number of likely N-dealkylation sites (tertiary alicyclic amines) is 1. The van der Waals surface area contributed by atoms with Gasteiger partial charge in [0.25, 0.3) is 5.91 Å². The molecule has 20 heavy (non-hydrogen) atoms. The molecule has 0 bridgehead atoms. The van der Waals surface area contributed by atoms with E-state index < -0.39 is 0 Å². The molecule has 2 aliphatic heterocycles. The normalized spacial score (nSPS) is 18.7. The maximum Gasteiger partial charge on any atom is 0.282 e. The van der Waals surface area contributed by atoms with Crippen molar-refractivity contribution in [3.05, 3.63) is 24.3 Å². The highest BCUT2D eigenvalue weighted by Crippen LogP contribution is 2.30. The number of piperidine rings is 1. The van der Waals surface area contributed by atoms with Crippen molar-refractivity contribution in [3.8, 4) is 5.75 Å². The molecule has 0 unspecified atom stereocenters. The number of quaternary nitrogens is 1. The Bertz CT molecular complexity index is 461. The molecule has 0 aromatic heterocycles. The Kier molecular flexibility index (Phi) is 5.26. The summed E-state index contributed by atoms with van der Waals surface area (Å²) in [5.41, 5.74) is 0.926. The summed E-state index contributed by atoms with van der Waals surface area (Å²) in [7, 11) is 0. The number of ether oxygens (including phenoxy) is 1. The van der Waals surface area contributed by atoms with E-state index in [1.54, 1.807) is 0 Å². The van der Waals surface area contributed by atoms with E-state index in [2.05, 4.69) is 0 Å². The quantitative estimate of drug-likeness (QED) is 0.654. The topological polar surface area (TPSA) is 34.0 Å². The zero-order valence-corrected chi connectivity index (χ0v) is 12.4. The molecule has 1 aromatic rings. The maximum absolute atomic E-state index is 12.5. The summed E-state index contributed by atoms with van der Waals surface area (Å²) in [5.74, 6) is 1.06. The number of carbonyl (C=O) groups excluding carboxylic acids is 1. The molecule has 1 amide bonds. The van der Waals surface area contributed by atoms with Crippen molar-refractivity contribution in [1.29, 1.82) is 0 Å². The lowest BCUT2D eigenvalue weighted by atomic mass is 10.1. The predicted molar refractivity (Wildman–Crippen MR) is 73.7 cm³/mol. The molecule has 3 rings (SSSR count). The summed E-state index contributed by atoms with van der Waals surface area (Å²) in [6.07, 6.45) is 3.82. The van der Waals surface area contributed by atoms with Crippen LogP contribution >= 0.6 is 0 Å². The highest BCUT2D eigenvalue weighted by Gasteiger charge is 2.26. The van der Waals surface area contributed by atoms with Gasteiger partial charge in [0.05, 0.1) is 25.3 Å². The summed E-state index contributed by atoms with van der Waals surface area (Å²) in [5, 5.41) is 0. The molecule has 110 valence electrons. The molecule has 1 saturated heterocycles. The number of para-hydroxylation sites is 2. The number of nitrogens with zero attached hydrogens (tertiary/aromatic N) is 1. The molecule has 2 heterocycles. The summed E-state index contributed by atoms with van der Waals surface area (Å²) in [6.45, 7) is 4.16. The summed E-state index contributed by atoms with van der Waals surface area (Å²) in [6, 6.07) is 7.81. The summed E-state index contributed by atoms with van der Waals surface area (Å²) in [4.78, 5) is 15.8. The fourth-order valence-electron chi connectivity index (χ4n) is 2.97. The van der Waals surface area contributed by atoms with Gasteiger partial charge in [0, 0.05) is 0 Å². The number of anilines is 1. The summed E-state index contributed by atoms with van der Waals surface area (Å²) < 4.78 is 5.59. The molecule has 1 N–H and O–H groups in total. The van der Waals surface area contributed by atoms with Crippen LogP contribution in [0.15, 0.2) is 24.3 Å². The van der Waals surface area contributed by atoms with Gasteiger partial charge >= 0.3 is 0 Å². The largest absolute Gasteiger partial charge is 1.00 e. The van der Waals surface area contributed by atoms with E-state index in [1.165, 1.54) is 24.2 Å². The highest BCUT2D eigenvalue weighted by atomic mass is 35.5. The number of halogens is 1. The second-order valence-electron chi connectivity index (χ2n) is 5.35. The van der Waals surface area contributed by atoms with Crippen molar-refractivity contribution in [3.63, 3.8) is 0 Å². The minimum atomic E-state index is 0. The lowest BCUT2D eigenvalue weighted by Gasteiger charge is -2.31. The number of fused-ring (bicyclic) bond motifs is 1. The van der Waals surface area contributed by atoms with Gasteiger partial charge in [-0.15, -0.1) is 0 Å². The average molecular weight is 297 g/mol. The molecular formula is C15H21ClN2O2. The minimum Gasteiger partial charge on any atom is -1.00 e. The first kappa shape index (κ1) is 15.1. The Balaban J connectivity index is 0.00000147. The van der Waals surface area contributed by atoms with Crippen LogP contribution < -0.4 is 26.9 Å². The lowest BCUT2D eigenvalue weighted by molar-refractivity contribution is -0.896. The zero-order chi connectivity index (χ0) is 13.1. The molecule has 0 radical (unpaired) electrons. The van der Waals surface area contributed by atoms with Gasteiger partial charge in [0.2, 0.25) is 0 Å². The van der Waals surface area contributed by atoms with E-state index in [-0.39, 0.29) is 18.3 Å². The van der Waals surface area contributed by atoms with Crippen molar-refractivity contribution >= 4 is 11.6 Å². The number of carbonyl (C=O) groups is 1. The van der Waals surface area contributed by atoms with Crippen LogP contribution in [-0.2, 0) is 4.79 Å². The maximum atomic E-state index is 12.5. The van der Waals surface area contributed by atoms with E-state index in [9.17, 15) is 4.79 Å². The molecule has 0 aliphatic carbocycles. The SMILES string of the molecule is O=C(C[NH+]1CCCCC1)N1CCOc2ccccc21.[Cl-]. The first-order valence-electron chi connectivity index (χ1n) is 7.20. The smallest absolute Gasteiger partial charge is 0.282 e. The van der Waals surface area contributed by atoms with Crippen molar-refractivity contribution in [2.45, 2.75) is 19.3 Å². The highest BCUT2D eigenvalue weighted by molar-refractivity contribution is 5.95. The second-order valence-corrected chi connectivity index (χ2v) is 5.35. The van der Waals surface area contributed by atoms with Gasteiger partial charge in [-0.05, 0) is 31.4 Å². The van der Waals surface area contributed by atoms with Crippen LogP contribution in [0.3, 0.4) is 0 Å². The standard InChI is InChI=1S/C15H20N2O2.ClH/c18-15(12-16-8-4-1-5-9-16)17-10-11-19-14-7-3-2-6-13(14)17;/h2-3,6-7H,1,4-5,8-12H2;1H. The van der Waals surface area contributed by atoms with E-state index in [0.29, 0.717) is 19.7 Å². The van der Waals surface area contributed by atoms with Crippen molar-refractivity contribution < 1.29 is 26.8 Å². The third kappa shape index (κ3) is 3.25. The Morgan fingerprint density at radius 1 is 1.20 bits per heavy atom. The van der Waals surface area contributed by atoms with Gasteiger partial charge in [0.1, 0.15) is 12.4 Å². The molecule has 0 saturated carbocycles. The van der Waals surface area contributed by atoms with E-state index in [4.69, 9.17) is 4.74 Å².